The Morgan fingerprint density at radius 2 is 1.44 bits per heavy atom. The molecule has 0 saturated carbocycles. The van der Waals surface area contributed by atoms with Crippen molar-refractivity contribution in [2.24, 2.45) is 0 Å². The Hall–Kier alpha value is -3.69. The summed E-state index contributed by atoms with van der Waals surface area (Å²) in [4.78, 5) is 27.8. The number of benzene rings is 2. The molecule has 10 heteroatoms. The van der Waals surface area contributed by atoms with Gasteiger partial charge in [0, 0.05) is 17.9 Å². The lowest BCUT2D eigenvalue weighted by atomic mass is 9.87. The van der Waals surface area contributed by atoms with Gasteiger partial charge >= 0.3 is 18.1 Å². The zero-order valence-electron chi connectivity index (χ0n) is 23.5. The van der Waals surface area contributed by atoms with Crippen molar-refractivity contribution in [1.82, 2.24) is 15.5 Å². The molecule has 2 atom stereocenters. The van der Waals surface area contributed by atoms with Gasteiger partial charge in [0.25, 0.3) is 5.89 Å². The summed E-state index contributed by atoms with van der Waals surface area (Å²) in [6.45, 7) is 3.93. The van der Waals surface area contributed by atoms with Crippen molar-refractivity contribution in [3.63, 3.8) is 0 Å². The van der Waals surface area contributed by atoms with Crippen LogP contribution in [0, 0.1) is 0 Å². The quantitative estimate of drug-likeness (QED) is 0.142. The highest BCUT2D eigenvalue weighted by Crippen LogP contribution is 2.35. The molecule has 41 heavy (non-hydrogen) atoms. The molecule has 0 radical (unpaired) electrons. The lowest BCUT2D eigenvalue weighted by Gasteiger charge is -2.26. The maximum absolute atomic E-state index is 13.0. The van der Waals surface area contributed by atoms with Crippen molar-refractivity contribution < 1.29 is 32.4 Å². The van der Waals surface area contributed by atoms with Crippen LogP contribution in [-0.2, 0) is 22.2 Å². The van der Waals surface area contributed by atoms with Crippen LogP contribution in [0.4, 0.5) is 13.2 Å². The minimum absolute atomic E-state index is 0.351. The lowest BCUT2D eigenvalue weighted by molar-refractivity contribution is -0.150. The molecule has 0 aliphatic heterocycles. The predicted octanol–water partition coefficient (Wildman–Crippen LogP) is 7.87. The number of carbonyl (C=O) groups excluding carboxylic acids is 1. The van der Waals surface area contributed by atoms with Crippen LogP contribution in [0.2, 0.25) is 0 Å². The highest BCUT2D eigenvalue weighted by molar-refractivity contribution is 6.31. The molecule has 1 amide bonds. The van der Waals surface area contributed by atoms with E-state index in [2.05, 4.69) is 22.4 Å². The molecule has 0 aliphatic carbocycles. The summed E-state index contributed by atoms with van der Waals surface area (Å²) in [7, 11) is 0. The second-order valence-electron chi connectivity index (χ2n) is 10.4. The van der Waals surface area contributed by atoms with Crippen LogP contribution in [0.5, 0.6) is 0 Å². The van der Waals surface area contributed by atoms with E-state index >= 15 is 0 Å². The Morgan fingerprint density at radius 3 is 2.00 bits per heavy atom. The number of unbranched alkanes of at least 4 members (excludes halogenated alkanes) is 8. The van der Waals surface area contributed by atoms with Crippen molar-refractivity contribution in [1.29, 1.82) is 0 Å². The van der Waals surface area contributed by atoms with Crippen LogP contribution >= 0.6 is 0 Å². The third-order valence-corrected chi connectivity index (χ3v) is 7.23. The smallest absolute Gasteiger partial charge is 0.416 e. The number of halogens is 3. The van der Waals surface area contributed by atoms with Gasteiger partial charge in [-0.3, -0.25) is 4.79 Å². The molecule has 2 aromatic carbocycles. The SMILES string of the molecule is CCCCCCCCCCCc1noc(-c2ccc(C(NC(=O)C(=O)O)[C@H](C)c3ccc(C(F)(F)F)cc3)cc2)n1. The number of rotatable bonds is 15. The molecule has 0 saturated heterocycles. The summed E-state index contributed by atoms with van der Waals surface area (Å²) >= 11 is 0. The third-order valence-electron chi connectivity index (χ3n) is 7.23. The summed E-state index contributed by atoms with van der Waals surface area (Å²) in [6, 6.07) is 10.6. The minimum atomic E-state index is -4.48. The molecule has 222 valence electrons. The number of aromatic nitrogens is 2. The molecule has 7 nitrogen and oxygen atoms in total. The Bertz CT molecular complexity index is 1240. The standard InChI is InChI=1S/C31H38F3N3O4/c1-3-4-5-6-7-8-9-10-11-12-26-35-29(41-37-26)24-15-13-23(14-16-24)27(36-28(38)30(39)40)21(2)22-17-19-25(20-18-22)31(32,33)34/h13-21,27H,3-12H2,1-2H3,(H,36,38)(H,39,40)/t21-,27?/m1/s1. The zero-order chi connectivity index (χ0) is 29.8. The first-order valence-corrected chi connectivity index (χ1v) is 14.2. The molecule has 3 aromatic rings. The normalized spacial score (nSPS) is 13.1. The summed E-state index contributed by atoms with van der Waals surface area (Å²) in [5.74, 6) is -2.41. The maximum atomic E-state index is 13.0. The van der Waals surface area contributed by atoms with Gasteiger partial charge in [0.1, 0.15) is 0 Å². The molecule has 0 fully saturated rings. The third kappa shape index (κ3) is 9.72. The average Bonchev–Trinajstić information content (AvgIpc) is 3.43. The topological polar surface area (TPSA) is 105 Å². The van der Waals surface area contributed by atoms with E-state index in [0.717, 1.165) is 31.4 Å². The number of hydrogen-bond donors (Lipinski definition) is 2. The maximum Gasteiger partial charge on any atom is 0.416 e. The van der Waals surface area contributed by atoms with Gasteiger partial charge in [0.2, 0.25) is 0 Å². The number of hydrogen-bond acceptors (Lipinski definition) is 5. The van der Waals surface area contributed by atoms with E-state index in [1.165, 1.54) is 57.1 Å². The van der Waals surface area contributed by atoms with Gasteiger partial charge < -0.3 is 14.9 Å². The first-order valence-electron chi connectivity index (χ1n) is 14.2. The van der Waals surface area contributed by atoms with Gasteiger partial charge in [-0.1, -0.05) is 94.6 Å². The van der Waals surface area contributed by atoms with E-state index in [1.807, 2.05) is 0 Å². The number of amides is 1. The number of alkyl halides is 3. The molecule has 3 rings (SSSR count). The number of nitrogens with zero attached hydrogens (tertiary/aromatic N) is 2. The van der Waals surface area contributed by atoms with Gasteiger partial charge in [-0.2, -0.15) is 18.2 Å². The Balaban J connectivity index is 1.63. The average molecular weight is 574 g/mol. The van der Waals surface area contributed by atoms with E-state index < -0.39 is 35.6 Å². The van der Waals surface area contributed by atoms with Crippen LogP contribution in [0.3, 0.4) is 0 Å². The van der Waals surface area contributed by atoms with E-state index in [4.69, 9.17) is 9.63 Å². The molecule has 1 unspecified atom stereocenters. The van der Waals surface area contributed by atoms with Crippen molar-refractivity contribution in [3.8, 4) is 11.5 Å². The van der Waals surface area contributed by atoms with Crippen molar-refractivity contribution >= 4 is 11.9 Å². The lowest BCUT2D eigenvalue weighted by Crippen LogP contribution is -2.36. The van der Waals surface area contributed by atoms with Crippen molar-refractivity contribution in [2.45, 2.75) is 96.2 Å². The number of carbonyl (C=O) groups is 2. The van der Waals surface area contributed by atoms with Gasteiger partial charge in [0.15, 0.2) is 5.82 Å². The van der Waals surface area contributed by atoms with Gasteiger partial charge in [0.05, 0.1) is 11.6 Å². The summed E-state index contributed by atoms with van der Waals surface area (Å²) in [5.41, 5.74) is 0.951. The Kier molecular flexibility index (Phi) is 11.9. The van der Waals surface area contributed by atoms with E-state index in [1.54, 1.807) is 31.2 Å². The largest absolute Gasteiger partial charge is 0.474 e. The van der Waals surface area contributed by atoms with Crippen molar-refractivity contribution in [2.75, 3.05) is 0 Å². The monoisotopic (exact) mass is 573 g/mol. The molecule has 0 bridgehead atoms. The Labute approximate surface area is 238 Å². The Morgan fingerprint density at radius 1 is 0.878 bits per heavy atom. The number of carboxylic acids is 1. The number of carboxylic acid groups (broad SMARTS) is 1. The fourth-order valence-corrected chi connectivity index (χ4v) is 4.77. The number of nitrogens with one attached hydrogen (secondary N) is 1. The molecule has 0 spiro atoms. The van der Waals surface area contributed by atoms with Gasteiger partial charge in [-0.25, -0.2) is 4.79 Å². The van der Waals surface area contributed by atoms with Crippen LogP contribution in [-0.4, -0.2) is 27.1 Å². The van der Waals surface area contributed by atoms with Crippen LogP contribution in [0.25, 0.3) is 11.5 Å². The zero-order valence-corrected chi connectivity index (χ0v) is 23.5. The van der Waals surface area contributed by atoms with Gasteiger partial charge in [-0.15, -0.1) is 0 Å². The predicted molar refractivity (Wildman–Crippen MR) is 149 cm³/mol. The number of aryl methyl sites for hydroxylation is 1. The van der Waals surface area contributed by atoms with E-state index in [0.29, 0.717) is 28.4 Å². The molecule has 1 aromatic heterocycles. The highest BCUT2D eigenvalue weighted by atomic mass is 19.4. The first-order chi connectivity index (χ1) is 19.6. The van der Waals surface area contributed by atoms with Crippen molar-refractivity contribution in [3.05, 3.63) is 71.0 Å². The molecular formula is C31H38F3N3O4. The van der Waals surface area contributed by atoms with E-state index in [9.17, 15) is 22.8 Å². The van der Waals surface area contributed by atoms with Gasteiger partial charge in [-0.05, 0) is 41.8 Å². The summed E-state index contributed by atoms with van der Waals surface area (Å²) in [5, 5.41) is 15.7. The number of aliphatic carboxylic acids is 1. The summed E-state index contributed by atoms with van der Waals surface area (Å²) in [6.07, 6.45) is 7.28. The molecular weight excluding hydrogens is 535 g/mol. The first kappa shape index (κ1) is 31.8. The fraction of sp³-hybridized carbons (Fsp3) is 0.484. The van der Waals surface area contributed by atoms with Crippen LogP contribution < -0.4 is 5.32 Å². The molecule has 0 aliphatic rings. The second kappa shape index (κ2) is 15.3. The van der Waals surface area contributed by atoms with E-state index in [-0.39, 0.29) is 0 Å². The fourth-order valence-electron chi connectivity index (χ4n) is 4.77. The highest BCUT2D eigenvalue weighted by Gasteiger charge is 2.31. The summed E-state index contributed by atoms with van der Waals surface area (Å²) < 4.78 is 44.4. The minimum Gasteiger partial charge on any atom is -0.474 e. The van der Waals surface area contributed by atoms with Crippen LogP contribution in [0.15, 0.2) is 53.1 Å². The molecule has 2 N–H and O–H groups in total. The second-order valence-corrected chi connectivity index (χ2v) is 10.4. The van der Waals surface area contributed by atoms with Crippen LogP contribution in [0.1, 0.15) is 106 Å². The molecule has 1 heterocycles.